The smallest absolute Gasteiger partial charge is 0.228 e. The van der Waals surface area contributed by atoms with E-state index in [1.165, 1.54) is 0 Å². The number of rotatable bonds is 7. The number of hydrogen-bond acceptors (Lipinski definition) is 5. The fourth-order valence-corrected chi connectivity index (χ4v) is 1.38. The van der Waals surface area contributed by atoms with Gasteiger partial charge < -0.3 is 19.9 Å². The Morgan fingerprint density at radius 3 is 2.60 bits per heavy atom. The Kier molecular flexibility index (Phi) is 10.3. The highest BCUT2D eigenvalue weighted by molar-refractivity contribution is 14.0. The van der Waals surface area contributed by atoms with E-state index in [-0.39, 0.29) is 29.9 Å². The van der Waals surface area contributed by atoms with Gasteiger partial charge in [-0.25, -0.2) is 0 Å². The Hall–Kier alpha value is -0.900. The first-order valence-corrected chi connectivity index (χ1v) is 6.43. The van der Waals surface area contributed by atoms with Gasteiger partial charge in [-0.3, -0.25) is 4.99 Å². The summed E-state index contributed by atoms with van der Waals surface area (Å²) >= 11 is 0. The summed E-state index contributed by atoms with van der Waals surface area (Å²) in [7, 11) is 3.39. The summed E-state index contributed by atoms with van der Waals surface area (Å²) in [4.78, 5) is 8.41. The normalized spacial score (nSPS) is 11.3. The fraction of sp³-hybridized carbons (Fsp3) is 0.750. The van der Waals surface area contributed by atoms with Crippen LogP contribution in [0.3, 0.4) is 0 Å². The number of methoxy groups -OCH3 is 1. The lowest BCUT2D eigenvalue weighted by Crippen LogP contribution is -2.39. The van der Waals surface area contributed by atoms with Crippen LogP contribution in [-0.2, 0) is 11.2 Å². The maximum Gasteiger partial charge on any atom is 0.228 e. The number of nitrogens with one attached hydrogen (secondary N) is 2. The van der Waals surface area contributed by atoms with Crippen molar-refractivity contribution in [2.24, 2.45) is 4.99 Å². The maximum atomic E-state index is 5.16. The topological polar surface area (TPSA) is 84.6 Å². The van der Waals surface area contributed by atoms with Gasteiger partial charge in [-0.1, -0.05) is 19.0 Å². The molecule has 0 fully saturated rings. The van der Waals surface area contributed by atoms with Crippen LogP contribution in [0.1, 0.15) is 31.5 Å². The SMILES string of the molecule is CN=C(NCCOC)NCCc1nc(C(C)C)no1.I. The summed E-state index contributed by atoms with van der Waals surface area (Å²) in [5.41, 5.74) is 0. The minimum absolute atomic E-state index is 0. The number of guanidine groups is 1. The maximum absolute atomic E-state index is 5.16. The predicted molar refractivity (Wildman–Crippen MR) is 88.7 cm³/mol. The van der Waals surface area contributed by atoms with Crippen molar-refractivity contribution in [3.63, 3.8) is 0 Å². The quantitative estimate of drug-likeness (QED) is 0.311. The molecule has 1 heterocycles. The van der Waals surface area contributed by atoms with Crippen LogP contribution in [0.4, 0.5) is 0 Å². The van der Waals surface area contributed by atoms with Gasteiger partial charge in [0.2, 0.25) is 5.89 Å². The molecule has 116 valence electrons. The van der Waals surface area contributed by atoms with Crippen LogP contribution in [-0.4, -0.2) is 50.0 Å². The lowest BCUT2D eigenvalue weighted by Gasteiger charge is -2.10. The van der Waals surface area contributed by atoms with Crippen LogP contribution in [0.2, 0.25) is 0 Å². The number of ether oxygens (including phenoxy) is 1. The highest BCUT2D eigenvalue weighted by Crippen LogP contribution is 2.09. The lowest BCUT2D eigenvalue weighted by atomic mass is 10.2. The molecule has 2 N–H and O–H groups in total. The van der Waals surface area contributed by atoms with Gasteiger partial charge in [0.05, 0.1) is 6.61 Å². The van der Waals surface area contributed by atoms with E-state index in [2.05, 4.69) is 25.8 Å². The number of aromatic nitrogens is 2. The third-order valence-electron chi connectivity index (χ3n) is 2.45. The first-order valence-electron chi connectivity index (χ1n) is 6.43. The zero-order chi connectivity index (χ0) is 14.1. The Morgan fingerprint density at radius 1 is 1.35 bits per heavy atom. The van der Waals surface area contributed by atoms with E-state index in [1.807, 2.05) is 13.8 Å². The zero-order valence-corrected chi connectivity index (χ0v) is 14.8. The third kappa shape index (κ3) is 7.04. The molecule has 0 aliphatic rings. The van der Waals surface area contributed by atoms with Crippen molar-refractivity contribution in [3.8, 4) is 0 Å². The van der Waals surface area contributed by atoms with Crippen molar-refractivity contribution in [1.82, 2.24) is 20.8 Å². The highest BCUT2D eigenvalue weighted by Gasteiger charge is 2.09. The standard InChI is InChI=1S/C12H23N5O2.HI/c1-9(2)11-16-10(19-17-11)5-6-14-12(13-3)15-7-8-18-4;/h9H,5-8H2,1-4H3,(H2,13,14,15);1H. The lowest BCUT2D eigenvalue weighted by molar-refractivity contribution is 0.203. The average Bonchev–Trinajstić information content (AvgIpc) is 2.86. The van der Waals surface area contributed by atoms with Crippen molar-refractivity contribution in [3.05, 3.63) is 11.7 Å². The highest BCUT2D eigenvalue weighted by atomic mass is 127. The molecule has 0 bridgehead atoms. The van der Waals surface area contributed by atoms with Crippen LogP contribution in [0.25, 0.3) is 0 Å². The monoisotopic (exact) mass is 397 g/mol. The van der Waals surface area contributed by atoms with Gasteiger partial charge in [0, 0.05) is 39.6 Å². The zero-order valence-electron chi connectivity index (χ0n) is 12.5. The molecule has 1 rings (SSSR count). The molecular weight excluding hydrogens is 373 g/mol. The summed E-state index contributed by atoms with van der Waals surface area (Å²) in [6.45, 7) is 6.12. The molecule has 0 spiro atoms. The summed E-state index contributed by atoms with van der Waals surface area (Å²) in [6, 6.07) is 0. The fourth-order valence-electron chi connectivity index (χ4n) is 1.38. The van der Waals surface area contributed by atoms with E-state index < -0.39 is 0 Å². The molecule has 0 aromatic carbocycles. The summed E-state index contributed by atoms with van der Waals surface area (Å²) in [5, 5.41) is 10.2. The van der Waals surface area contributed by atoms with Crippen molar-refractivity contribution >= 4 is 29.9 Å². The van der Waals surface area contributed by atoms with Crippen LogP contribution >= 0.6 is 24.0 Å². The molecule has 7 nitrogen and oxygen atoms in total. The van der Waals surface area contributed by atoms with E-state index >= 15 is 0 Å². The minimum Gasteiger partial charge on any atom is -0.383 e. The van der Waals surface area contributed by atoms with Gasteiger partial charge in [-0.15, -0.1) is 24.0 Å². The molecule has 8 heteroatoms. The number of hydrogen-bond donors (Lipinski definition) is 2. The van der Waals surface area contributed by atoms with Gasteiger partial charge in [0.25, 0.3) is 0 Å². The molecular formula is C12H24IN5O2. The van der Waals surface area contributed by atoms with E-state index in [9.17, 15) is 0 Å². The Bertz CT molecular complexity index is 395. The molecule has 0 unspecified atom stereocenters. The largest absolute Gasteiger partial charge is 0.383 e. The molecule has 0 atom stereocenters. The first-order chi connectivity index (χ1) is 9.17. The number of nitrogens with zero attached hydrogens (tertiary/aromatic N) is 3. The van der Waals surface area contributed by atoms with Crippen LogP contribution in [0.15, 0.2) is 9.52 Å². The third-order valence-corrected chi connectivity index (χ3v) is 2.45. The van der Waals surface area contributed by atoms with Crippen LogP contribution in [0.5, 0.6) is 0 Å². The van der Waals surface area contributed by atoms with Gasteiger partial charge >= 0.3 is 0 Å². The summed E-state index contributed by atoms with van der Waals surface area (Å²) in [6.07, 6.45) is 0.671. The van der Waals surface area contributed by atoms with Crippen LogP contribution < -0.4 is 10.6 Å². The number of aliphatic imine (C=N–C) groups is 1. The van der Waals surface area contributed by atoms with Gasteiger partial charge in [-0.2, -0.15) is 4.98 Å². The molecule has 0 aliphatic heterocycles. The van der Waals surface area contributed by atoms with Crippen molar-refractivity contribution in [2.45, 2.75) is 26.2 Å². The molecule has 0 saturated carbocycles. The molecule has 0 saturated heterocycles. The van der Waals surface area contributed by atoms with Crippen molar-refractivity contribution in [1.29, 1.82) is 0 Å². The Labute approximate surface area is 137 Å². The predicted octanol–water partition coefficient (Wildman–Crippen LogP) is 1.16. The number of halogens is 1. The molecule has 0 aliphatic carbocycles. The van der Waals surface area contributed by atoms with E-state index in [1.54, 1.807) is 14.2 Å². The van der Waals surface area contributed by atoms with Gasteiger partial charge in [-0.05, 0) is 0 Å². The average molecular weight is 397 g/mol. The van der Waals surface area contributed by atoms with Gasteiger partial charge in [0.15, 0.2) is 11.8 Å². The molecule has 0 amide bonds. The Balaban J connectivity index is 0.00000361. The summed E-state index contributed by atoms with van der Waals surface area (Å²) < 4.78 is 10.1. The van der Waals surface area contributed by atoms with E-state index in [0.717, 1.165) is 11.8 Å². The van der Waals surface area contributed by atoms with Crippen LogP contribution in [0, 0.1) is 0 Å². The molecule has 20 heavy (non-hydrogen) atoms. The van der Waals surface area contributed by atoms with Crippen molar-refractivity contribution < 1.29 is 9.26 Å². The first kappa shape index (κ1) is 19.1. The van der Waals surface area contributed by atoms with Crippen molar-refractivity contribution in [2.75, 3.05) is 33.9 Å². The minimum atomic E-state index is 0. The van der Waals surface area contributed by atoms with E-state index in [4.69, 9.17) is 9.26 Å². The molecule has 0 radical (unpaired) electrons. The second-order valence-corrected chi connectivity index (χ2v) is 4.37. The molecule has 1 aromatic heterocycles. The second kappa shape index (κ2) is 10.8. The van der Waals surface area contributed by atoms with Gasteiger partial charge in [0.1, 0.15) is 0 Å². The molecule has 1 aromatic rings. The Morgan fingerprint density at radius 2 is 2.05 bits per heavy atom. The van der Waals surface area contributed by atoms with E-state index in [0.29, 0.717) is 32.0 Å². The second-order valence-electron chi connectivity index (χ2n) is 4.37. The summed E-state index contributed by atoms with van der Waals surface area (Å²) in [5.74, 6) is 2.41.